The molecule has 0 radical (unpaired) electrons. The summed E-state index contributed by atoms with van der Waals surface area (Å²) >= 11 is 0. The van der Waals surface area contributed by atoms with Crippen LogP contribution in [0.15, 0.2) is 24.3 Å². The number of hydrogen-bond donors (Lipinski definition) is 11. The summed E-state index contributed by atoms with van der Waals surface area (Å²) in [6, 6.07) is -2.67. The highest BCUT2D eigenvalue weighted by Gasteiger charge is 2.33. The molecule has 6 atom stereocenters. The van der Waals surface area contributed by atoms with Gasteiger partial charge in [0.05, 0.1) is 6.61 Å². The van der Waals surface area contributed by atoms with Gasteiger partial charge in [-0.15, -0.1) is 0 Å². The monoisotopic (exact) mass is 751 g/mol. The first-order valence-electron chi connectivity index (χ1n) is 17.1. The summed E-state index contributed by atoms with van der Waals surface area (Å²) < 4.78 is 0. The Morgan fingerprint density at radius 1 is 0.623 bits per heavy atom. The average Bonchev–Trinajstić information content (AvgIpc) is 3.06. The van der Waals surface area contributed by atoms with Crippen LogP contribution >= 0.6 is 0 Å². The lowest BCUT2D eigenvalue weighted by atomic mass is 9.99. The topological polar surface area (TPSA) is 330 Å². The number of hydrogen-bond acceptors (Lipinski definition) is 11. The number of nitrogens with two attached hydrogens (primary N) is 2. The van der Waals surface area contributed by atoms with Crippen LogP contribution in [-0.2, 0) is 44.8 Å². The first kappa shape index (κ1) is 45.7. The van der Waals surface area contributed by atoms with Gasteiger partial charge in [0.15, 0.2) is 0 Å². The number of benzene rings is 1. The Balaban J connectivity index is 3.43. The molecule has 296 valence electrons. The fourth-order valence-corrected chi connectivity index (χ4v) is 5.01. The third-order valence-corrected chi connectivity index (χ3v) is 7.80. The van der Waals surface area contributed by atoms with Crippen molar-refractivity contribution < 1.29 is 58.8 Å². The molecular formula is C34H53N7O12. The molecule has 53 heavy (non-hydrogen) atoms. The number of aromatic hydroxyl groups is 1. The largest absolute Gasteiger partial charge is 0.508 e. The summed E-state index contributed by atoms with van der Waals surface area (Å²) in [4.78, 5) is 101. The van der Waals surface area contributed by atoms with E-state index >= 15 is 0 Å². The molecule has 6 amide bonds. The van der Waals surface area contributed by atoms with E-state index in [1.807, 2.05) is 0 Å². The Morgan fingerprint density at radius 2 is 1.04 bits per heavy atom. The van der Waals surface area contributed by atoms with Gasteiger partial charge in [-0.05, 0) is 55.2 Å². The van der Waals surface area contributed by atoms with Gasteiger partial charge in [-0.1, -0.05) is 39.8 Å². The molecule has 19 nitrogen and oxygen atoms in total. The van der Waals surface area contributed by atoms with E-state index in [9.17, 15) is 53.7 Å². The number of primary amides is 1. The molecule has 0 bridgehead atoms. The zero-order valence-electron chi connectivity index (χ0n) is 30.3. The number of rotatable bonds is 24. The number of carboxylic acids is 2. The number of aliphatic hydroxyl groups excluding tert-OH is 1. The number of carbonyl (C=O) groups excluding carboxylic acids is 6. The van der Waals surface area contributed by atoms with Crippen LogP contribution in [-0.4, -0.2) is 111 Å². The van der Waals surface area contributed by atoms with Crippen molar-refractivity contribution in [2.45, 2.75) is 109 Å². The predicted octanol–water partition coefficient (Wildman–Crippen LogP) is -2.01. The first-order chi connectivity index (χ1) is 24.7. The molecule has 0 saturated carbocycles. The molecule has 0 aromatic heterocycles. The Hall–Kier alpha value is -5.30. The number of nitrogens with one attached hydrogen (secondary N) is 5. The SMILES string of the molecule is CC(C)C[C@H](NC(=O)[C@H](CCC(N)=O)NC(=O)[C@H](Cc1ccc(O)cc1)NC(=O)[C@H](CC(C)C)NC(=O)[C@@H](N)CO)C(=O)N[C@@H](CCC(=O)O)C(=O)O. The number of phenols is 1. The quantitative estimate of drug-likeness (QED) is 0.0544. The first-order valence-corrected chi connectivity index (χ1v) is 17.1. The molecule has 0 aliphatic rings. The van der Waals surface area contributed by atoms with E-state index in [1.165, 1.54) is 24.3 Å². The molecule has 19 heteroatoms. The summed E-state index contributed by atoms with van der Waals surface area (Å²) in [6.45, 7) is 6.33. The number of phenolic OH excluding ortho intramolecular Hbond substituents is 1. The fourth-order valence-electron chi connectivity index (χ4n) is 5.01. The highest BCUT2D eigenvalue weighted by atomic mass is 16.4. The minimum absolute atomic E-state index is 0.00175. The number of carboxylic acid groups (broad SMARTS) is 2. The second-order valence-electron chi connectivity index (χ2n) is 13.5. The third kappa shape index (κ3) is 17.7. The van der Waals surface area contributed by atoms with E-state index in [-0.39, 0.29) is 43.3 Å². The summed E-state index contributed by atoms with van der Waals surface area (Å²) in [5.74, 6) is -8.40. The van der Waals surface area contributed by atoms with Crippen molar-refractivity contribution in [3.8, 4) is 5.75 Å². The third-order valence-electron chi connectivity index (χ3n) is 7.80. The minimum Gasteiger partial charge on any atom is -0.508 e. The van der Waals surface area contributed by atoms with Crippen LogP contribution < -0.4 is 38.1 Å². The fraction of sp³-hybridized carbons (Fsp3) is 0.588. The number of carbonyl (C=O) groups is 8. The van der Waals surface area contributed by atoms with Crippen molar-refractivity contribution in [2.75, 3.05) is 6.61 Å². The predicted molar refractivity (Wildman–Crippen MR) is 188 cm³/mol. The second-order valence-corrected chi connectivity index (χ2v) is 13.5. The maximum atomic E-state index is 13.9. The lowest BCUT2D eigenvalue weighted by Gasteiger charge is -2.28. The number of amides is 6. The maximum Gasteiger partial charge on any atom is 0.326 e. The van der Waals surface area contributed by atoms with Crippen LogP contribution in [0.5, 0.6) is 5.75 Å². The van der Waals surface area contributed by atoms with Crippen molar-refractivity contribution in [3.63, 3.8) is 0 Å². The van der Waals surface area contributed by atoms with Gasteiger partial charge in [-0.25, -0.2) is 4.79 Å². The molecule has 13 N–H and O–H groups in total. The van der Waals surface area contributed by atoms with Gasteiger partial charge in [0.25, 0.3) is 0 Å². The van der Waals surface area contributed by atoms with E-state index in [0.29, 0.717) is 5.56 Å². The highest BCUT2D eigenvalue weighted by molar-refractivity contribution is 5.96. The second kappa shape index (κ2) is 22.6. The Labute approximate surface area is 307 Å². The Bertz CT molecular complexity index is 1440. The molecule has 1 aromatic rings. The van der Waals surface area contributed by atoms with Crippen molar-refractivity contribution >= 4 is 47.4 Å². The normalized spacial score (nSPS) is 14.5. The summed E-state index contributed by atoms with van der Waals surface area (Å²) in [7, 11) is 0. The molecule has 0 saturated heterocycles. The zero-order chi connectivity index (χ0) is 40.4. The van der Waals surface area contributed by atoms with E-state index in [2.05, 4.69) is 26.6 Å². The van der Waals surface area contributed by atoms with Gasteiger partial charge in [-0.2, -0.15) is 0 Å². The van der Waals surface area contributed by atoms with Crippen LogP contribution in [0.2, 0.25) is 0 Å². The van der Waals surface area contributed by atoms with Gasteiger partial charge < -0.3 is 58.5 Å². The molecule has 1 aromatic carbocycles. The number of aliphatic carboxylic acids is 2. The van der Waals surface area contributed by atoms with Gasteiger partial charge in [0, 0.05) is 19.3 Å². The molecule has 0 aliphatic heterocycles. The molecular weight excluding hydrogens is 698 g/mol. The molecule has 0 fully saturated rings. The van der Waals surface area contributed by atoms with Crippen LogP contribution in [0.4, 0.5) is 0 Å². The smallest absolute Gasteiger partial charge is 0.326 e. The maximum absolute atomic E-state index is 13.9. The molecule has 1 rings (SSSR count). The zero-order valence-corrected chi connectivity index (χ0v) is 30.3. The van der Waals surface area contributed by atoms with Crippen molar-refractivity contribution in [1.82, 2.24) is 26.6 Å². The molecule has 0 spiro atoms. The standard InChI is InChI=1S/C34H53N7O12/c1-17(2)13-24(39-29(47)21(35)16-42)32(50)41-26(15-19-5-7-20(43)8-6-19)33(51)37-22(9-11-27(36)44)30(48)40-25(14-18(3)4)31(49)38-23(34(52)53)10-12-28(45)46/h5-8,17-18,21-26,42-43H,9-16,35H2,1-4H3,(H2,36,44)(H,37,51)(H,38,49)(H,39,47)(H,40,48)(H,41,50)(H,45,46)(H,52,53)/t21-,22-,23-,24-,25-,26-/m0/s1. The lowest BCUT2D eigenvalue weighted by molar-refractivity contribution is -0.143. The Morgan fingerprint density at radius 3 is 1.49 bits per heavy atom. The summed E-state index contributed by atoms with van der Waals surface area (Å²) in [5.41, 5.74) is 11.4. The minimum atomic E-state index is -1.58. The highest BCUT2D eigenvalue weighted by Crippen LogP contribution is 2.14. The van der Waals surface area contributed by atoms with Crippen LogP contribution in [0.25, 0.3) is 0 Å². The molecule has 0 aliphatic carbocycles. The van der Waals surface area contributed by atoms with Crippen molar-refractivity contribution in [2.24, 2.45) is 23.3 Å². The van der Waals surface area contributed by atoms with E-state index in [4.69, 9.17) is 16.6 Å². The Kier molecular flexibility index (Phi) is 19.5. The van der Waals surface area contributed by atoms with Crippen molar-refractivity contribution in [1.29, 1.82) is 0 Å². The van der Waals surface area contributed by atoms with E-state index < -0.39 is 110 Å². The molecule has 0 heterocycles. The van der Waals surface area contributed by atoms with Gasteiger partial charge in [0.1, 0.15) is 42.0 Å². The van der Waals surface area contributed by atoms with Gasteiger partial charge in [0.2, 0.25) is 35.4 Å². The van der Waals surface area contributed by atoms with E-state index in [1.54, 1.807) is 27.7 Å². The summed E-state index contributed by atoms with van der Waals surface area (Å²) in [6.07, 6.45) is -1.77. The van der Waals surface area contributed by atoms with Crippen molar-refractivity contribution in [3.05, 3.63) is 29.8 Å². The van der Waals surface area contributed by atoms with Crippen LogP contribution in [0.1, 0.15) is 71.8 Å². The average molecular weight is 752 g/mol. The van der Waals surface area contributed by atoms with Crippen LogP contribution in [0.3, 0.4) is 0 Å². The summed E-state index contributed by atoms with van der Waals surface area (Å²) in [5, 5.41) is 49.8. The number of aliphatic hydroxyl groups is 1. The lowest BCUT2D eigenvalue weighted by Crippen LogP contribution is -2.60. The van der Waals surface area contributed by atoms with Gasteiger partial charge in [-0.3, -0.25) is 33.6 Å². The van der Waals surface area contributed by atoms with Crippen LogP contribution in [0, 0.1) is 11.8 Å². The molecule has 0 unspecified atom stereocenters. The van der Waals surface area contributed by atoms with E-state index in [0.717, 1.165) is 0 Å². The van der Waals surface area contributed by atoms with Gasteiger partial charge >= 0.3 is 11.9 Å².